The molecule has 4 N–H and O–H groups in total. The number of anilines is 3. The standard InChI is InChI=1S/C24H27FN6O3S.C2H6/c1-13-8-11-17(16(25)12-13)28-22-20(23(32)27-15-9-10-15)21(14(2)24(33)31(22)4)34-19-7-5-6-18(29-19)30-35-26-3;1-2/h5-8,11-12,15,26,28H,9-10H2,1-4H3,(H,27,32)(H,29,30);1-2H3. The molecule has 0 radical (unpaired) electrons. The zero-order chi connectivity index (χ0) is 27.1. The number of ether oxygens (including phenoxy) is 1. The molecule has 0 atom stereocenters. The van der Waals surface area contributed by atoms with Crippen molar-refractivity contribution in [1.82, 2.24) is 19.6 Å². The molecule has 0 spiro atoms. The Morgan fingerprint density at radius 2 is 1.92 bits per heavy atom. The first-order chi connectivity index (χ1) is 17.8. The van der Waals surface area contributed by atoms with Gasteiger partial charge in [-0.25, -0.2) is 9.11 Å². The SMILES string of the molecule is CC.CNSNc1cccc(Oc2c(C(=O)NC3CC3)c(Nc3ccc(C)cc3F)n(C)c(=O)c2C)n1. The Labute approximate surface area is 220 Å². The maximum absolute atomic E-state index is 14.7. The molecule has 0 saturated heterocycles. The summed E-state index contributed by atoms with van der Waals surface area (Å²) < 4.78 is 27.9. The van der Waals surface area contributed by atoms with Crippen molar-refractivity contribution < 1.29 is 13.9 Å². The summed E-state index contributed by atoms with van der Waals surface area (Å²) in [6.07, 6.45) is 1.75. The number of nitrogens with one attached hydrogen (secondary N) is 4. The highest BCUT2D eigenvalue weighted by Crippen LogP contribution is 2.34. The van der Waals surface area contributed by atoms with E-state index in [1.54, 1.807) is 51.2 Å². The third-order valence-electron chi connectivity index (χ3n) is 5.47. The van der Waals surface area contributed by atoms with Crippen LogP contribution >= 0.6 is 12.1 Å². The Balaban J connectivity index is 0.00000186. The number of hydrogen-bond acceptors (Lipinski definition) is 8. The zero-order valence-corrected chi connectivity index (χ0v) is 22.7. The van der Waals surface area contributed by atoms with Gasteiger partial charge in [0.1, 0.15) is 23.0 Å². The van der Waals surface area contributed by atoms with Crippen LogP contribution in [-0.2, 0) is 7.05 Å². The quantitative estimate of drug-likeness (QED) is 0.281. The number of halogens is 1. The minimum atomic E-state index is -0.503. The van der Waals surface area contributed by atoms with Gasteiger partial charge in [0.2, 0.25) is 5.88 Å². The van der Waals surface area contributed by atoms with Crippen molar-refractivity contribution in [1.29, 1.82) is 0 Å². The lowest BCUT2D eigenvalue weighted by atomic mass is 10.1. The summed E-state index contributed by atoms with van der Waals surface area (Å²) in [5.74, 6) is -0.0279. The Kier molecular flexibility index (Phi) is 9.54. The topological polar surface area (TPSA) is 109 Å². The highest BCUT2D eigenvalue weighted by Gasteiger charge is 2.30. The smallest absolute Gasteiger partial charge is 0.259 e. The van der Waals surface area contributed by atoms with Crippen LogP contribution in [-0.4, -0.2) is 28.5 Å². The molecule has 37 heavy (non-hydrogen) atoms. The number of nitrogens with zero attached hydrogens (tertiary/aromatic N) is 2. The van der Waals surface area contributed by atoms with Gasteiger partial charge in [0.25, 0.3) is 11.5 Å². The summed E-state index contributed by atoms with van der Waals surface area (Å²) in [5, 5.41) is 5.89. The second kappa shape index (κ2) is 12.6. The number of rotatable bonds is 9. The first kappa shape index (κ1) is 28.0. The molecule has 2 aromatic heterocycles. The second-order valence-electron chi connectivity index (χ2n) is 8.27. The van der Waals surface area contributed by atoms with E-state index < -0.39 is 17.3 Å². The third kappa shape index (κ3) is 6.80. The van der Waals surface area contributed by atoms with E-state index in [9.17, 15) is 14.0 Å². The molecular weight excluding hydrogens is 495 g/mol. The molecule has 1 aliphatic carbocycles. The Bertz CT molecular complexity index is 1330. The van der Waals surface area contributed by atoms with Gasteiger partial charge in [-0.15, -0.1) is 0 Å². The molecule has 9 nitrogen and oxygen atoms in total. The van der Waals surface area contributed by atoms with E-state index in [-0.39, 0.29) is 40.3 Å². The molecule has 1 fully saturated rings. The van der Waals surface area contributed by atoms with Gasteiger partial charge in [0, 0.05) is 31.3 Å². The van der Waals surface area contributed by atoms with Crippen molar-refractivity contribution in [2.45, 2.75) is 46.6 Å². The normalized spacial score (nSPS) is 12.3. The number of aromatic nitrogens is 2. The van der Waals surface area contributed by atoms with Gasteiger partial charge >= 0.3 is 0 Å². The molecule has 1 aromatic carbocycles. The second-order valence-corrected chi connectivity index (χ2v) is 9.09. The zero-order valence-electron chi connectivity index (χ0n) is 21.9. The van der Waals surface area contributed by atoms with Crippen LogP contribution in [0.3, 0.4) is 0 Å². The van der Waals surface area contributed by atoms with E-state index in [1.165, 1.54) is 29.8 Å². The summed E-state index contributed by atoms with van der Waals surface area (Å²) in [6, 6.07) is 9.85. The van der Waals surface area contributed by atoms with Crippen LogP contribution in [0.5, 0.6) is 11.6 Å². The fourth-order valence-electron chi connectivity index (χ4n) is 3.47. The number of carbonyl (C=O) groups is 1. The molecule has 1 aliphatic rings. The van der Waals surface area contributed by atoms with Crippen LogP contribution in [0.1, 0.15) is 48.2 Å². The van der Waals surface area contributed by atoms with Crippen molar-refractivity contribution in [2.24, 2.45) is 7.05 Å². The van der Waals surface area contributed by atoms with Gasteiger partial charge < -0.3 is 20.1 Å². The average Bonchev–Trinajstić information content (AvgIpc) is 3.71. The van der Waals surface area contributed by atoms with E-state index in [1.807, 2.05) is 13.8 Å². The highest BCUT2D eigenvalue weighted by molar-refractivity contribution is 7.98. The largest absolute Gasteiger partial charge is 0.437 e. The first-order valence-electron chi connectivity index (χ1n) is 12.1. The Morgan fingerprint density at radius 3 is 2.57 bits per heavy atom. The Hall–Kier alpha value is -3.57. The summed E-state index contributed by atoms with van der Waals surface area (Å²) in [6.45, 7) is 7.36. The van der Waals surface area contributed by atoms with Gasteiger partial charge in [-0.2, -0.15) is 4.98 Å². The summed E-state index contributed by atoms with van der Waals surface area (Å²) in [5.41, 5.74) is 0.819. The molecule has 2 heterocycles. The van der Waals surface area contributed by atoms with E-state index in [0.29, 0.717) is 5.82 Å². The number of aryl methyl sites for hydroxylation is 1. The van der Waals surface area contributed by atoms with Crippen LogP contribution in [0, 0.1) is 19.7 Å². The van der Waals surface area contributed by atoms with E-state index >= 15 is 0 Å². The van der Waals surface area contributed by atoms with Gasteiger partial charge in [0.15, 0.2) is 5.75 Å². The molecule has 0 aliphatic heterocycles. The highest BCUT2D eigenvalue weighted by atomic mass is 32.2. The van der Waals surface area contributed by atoms with Gasteiger partial charge in [0.05, 0.1) is 11.3 Å². The average molecular weight is 529 g/mol. The molecule has 4 rings (SSSR count). The maximum Gasteiger partial charge on any atom is 0.259 e. The fourth-order valence-corrected chi connectivity index (χ4v) is 3.79. The molecule has 11 heteroatoms. The fraction of sp³-hybridized carbons (Fsp3) is 0.346. The number of amides is 1. The van der Waals surface area contributed by atoms with Gasteiger partial charge in [-0.1, -0.05) is 26.0 Å². The van der Waals surface area contributed by atoms with Crippen LogP contribution in [0.25, 0.3) is 0 Å². The monoisotopic (exact) mass is 528 g/mol. The molecule has 198 valence electrons. The number of carbonyl (C=O) groups excluding carboxylic acids is 1. The molecule has 0 bridgehead atoms. The van der Waals surface area contributed by atoms with Gasteiger partial charge in [-0.3, -0.25) is 14.2 Å². The van der Waals surface area contributed by atoms with E-state index in [4.69, 9.17) is 4.74 Å². The lowest BCUT2D eigenvalue weighted by Gasteiger charge is -2.21. The summed E-state index contributed by atoms with van der Waals surface area (Å²) in [7, 11) is 3.29. The van der Waals surface area contributed by atoms with Crippen molar-refractivity contribution in [3.63, 3.8) is 0 Å². The van der Waals surface area contributed by atoms with Crippen LogP contribution in [0.2, 0.25) is 0 Å². The number of pyridine rings is 2. The molecule has 1 amide bonds. The van der Waals surface area contributed by atoms with Crippen molar-refractivity contribution in [2.75, 3.05) is 17.1 Å². The van der Waals surface area contributed by atoms with Crippen LogP contribution in [0.15, 0.2) is 41.2 Å². The molecular formula is C26H33FN6O3S. The lowest BCUT2D eigenvalue weighted by Crippen LogP contribution is -2.31. The van der Waals surface area contributed by atoms with Gasteiger partial charge in [-0.05, 0) is 57.5 Å². The molecule has 1 saturated carbocycles. The molecule has 0 unspecified atom stereocenters. The van der Waals surface area contributed by atoms with E-state index in [0.717, 1.165) is 18.4 Å². The summed E-state index contributed by atoms with van der Waals surface area (Å²) >= 11 is 1.23. The van der Waals surface area contributed by atoms with Crippen molar-refractivity contribution in [3.8, 4) is 11.6 Å². The Morgan fingerprint density at radius 1 is 1.19 bits per heavy atom. The predicted octanol–water partition coefficient (Wildman–Crippen LogP) is 5.19. The number of benzene rings is 1. The third-order valence-corrected chi connectivity index (χ3v) is 5.99. The lowest BCUT2D eigenvalue weighted by molar-refractivity contribution is 0.0948. The maximum atomic E-state index is 14.7. The van der Waals surface area contributed by atoms with E-state index in [2.05, 4.69) is 25.1 Å². The predicted molar refractivity (Wildman–Crippen MR) is 147 cm³/mol. The van der Waals surface area contributed by atoms with Crippen molar-refractivity contribution >= 4 is 35.4 Å². The van der Waals surface area contributed by atoms with Crippen LogP contribution < -0.4 is 30.4 Å². The first-order valence-corrected chi connectivity index (χ1v) is 12.9. The van der Waals surface area contributed by atoms with Crippen molar-refractivity contribution in [3.05, 3.63) is 69.3 Å². The minimum Gasteiger partial charge on any atom is -0.437 e. The number of hydrogen-bond donors (Lipinski definition) is 4. The molecule has 3 aromatic rings. The minimum absolute atomic E-state index is 0.0565. The summed E-state index contributed by atoms with van der Waals surface area (Å²) in [4.78, 5) is 30.9. The van der Waals surface area contributed by atoms with Crippen LogP contribution in [0.4, 0.5) is 21.7 Å².